The van der Waals surface area contributed by atoms with Crippen LogP contribution in [-0.4, -0.2) is 62.1 Å². The number of methoxy groups -OCH3 is 2. The van der Waals surface area contributed by atoms with E-state index < -0.39 is 0 Å². The zero-order chi connectivity index (χ0) is 26.2. The molecular formula is C31H41FN2O3. The lowest BCUT2D eigenvalue weighted by molar-refractivity contribution is 0.0709. The van der Waals surface area contributed by atoms with Gasteiger partial charge < -0.3 is 14.4 Å². The van der Waals surface area contributed by atoms with Crippen LogP contribution in [-0.2, 0) is 0 Å². The smallest absolute Gasteiger partial charge is 0.254 e. The monoisotopic (exact) mass is 508 g/mol. The van der Waals surface area contributed by atoms with Crippen molar-refractivity contribution in [2.45, 2.75) is 57.9 Å². The number of ether oxygens (including phenoxy) is 2. The number of amides is 1. The maximum absolute atomic E-state index is 13.9. The van der Waals surface area contributed by atoms with E-state index in [1.165, 1.54) is 50.7 Å². The molecule has 37 heavy (non-hydrogen) atoms. The molecule has 2 aromatic carbocycles. The molecule has 0 spiro atoms. The van der Waals surface area contributed by atoms with E-state index in [-0.39, 0.29) is 11.7 Å². The lowest BCUT2D eigenvalue weighted by Gasteiger charge is -2.34. The highest BCUT2D eigenvalue weighted by molar-refractivity contribution is 5.95. The summed E-state index contributed by atoms with van der Waals surface area (Å²) in [6.45, 7) is 5.47. The van der Waals surface area contributed by atoms with Crippen LogP contribution in [0, 0.1) is 11.7 Å². The fraction of sp³-hybridized carbons (Fsp3) is 0.516. The third-order valence-corrected chi connectivity index (χ3v) is 7.76. The van der Waals surface area contributed by atoms with E-state index in [0.717, 1.165) is 36.6 Å². The minimum atomic E-state index is -0.252. The number of hydrogen-bond donors (Lipinski definition) is 0. The van der Waals surface area contributed by atoms with Crippen molar-refractivity contribution in [3.8, 4) is 11.5 Å². The van der Waals surface area contributed by atoms with Crippen molar-refractivity contribution in [1.82, 2.24) is 9.80 Å². The van der Waals surface area contributed by atoms with Crippen LogP contribution in [0.2, 0.25) is 0 Å². The van der Waals surface area contributed by atoms with Gasteiger partial charge in [-0.25, -0.2) is 4.39 Å². The third-order valence-electron chi connectivity index (χ3n) is 7.76. The lowest BCUT2D eigenvalue weighted by Crippen LogP contribution is -2.45. The Bertz CT molecular complexity index is 1040. The normalized spacial score (nSPS) is 19.1. The van der Waals surface area contributed by atoms with E-state index in [4.69, 9.17) is 9.47 Å². The molecule has 0 N–H and O–H groups in total. The molecule has 1 heterocycles. The summed E-state index contributed by atoms with van der Waals surface area (Å²) in [5.74, 6) is 1.69. The van der Waals surface area contributed by atoms with Gasteiger partial charge in [-0.05, 0) is 74.9 Å². The van der Waals surface area contributed by atoms with Crippen LogP contribution < -0.4 is 9.47 Å². The number of likely N-dealkylation sites (tertiary alicyclic amines) is 1. The van der Waals surface area contributed by atoms with Gasteiger partial charge in [0.2, 0.25) is 0 Å². The van der Waals surface area contributed by atoms with E-state index in [2.05, 4.69) is 4.90 Å². The van der Waals surface area contributed by atoms with Crippen LogP contribution in [0.1, 0.15) is 67.8 Å². The fourth-order valence-electron chi connectivity index (χ4n) is 5.82. The molecule has 1 atom stereocenters. The van der Waals surface area contributed by atoms with Gasteiger partial charge in [-0.2, -0.15) is 0 Å². The summed E-state index contributed by atoms with van der Waals surface area (Å²) < 4.78 is 24.2. The molecule has 0 aromatic heterocycles. The highest BCUT2D eigenvalue weighted by Gasteiger charge is 2.31. The van der Waals surface area contributed by atoms with Crippen LogP contribution in [0.3, 0.4) is 0 Å². The predicted octanol–water partition coefficient (Wildman–Crippen LogP) is 6.43. The Morgan fingerprint density at radius 3 is 2.32 bits per heavy atom. The lowest BCUT2D eigenvalue weighted by atomic mass is 9.89. The first-order valence-electron chi connectivity index (χ1n) is 13.6. The number of rotatable bonds is 10. The summed E-state index contributed by atoms with van der Waals surface area (Å²) in [4.78, 5) is 18.5. The minimum Gasteiger partial charge on any atom is -0.497 e. The molecule has 1 saturated heterocycles. The zero-order valence-corrected chi connectivity index (χ0v) is 22.5. The molecule has 0 radical (unpaired) electrons. The number of carbonyl (C=O) groups is 1. The molecular weight excluding hydrogens is 467 g/mol. The summed E-state index contributed by atoms with van der Waals surface area (Å²) in [7, 11) is 3.19. The molecule has 2 aromatic rings. The van der Waals surface area contributed by atoms with Gasteiger partial charge in [-0.1, -0.05) is 43.0 Å². The fourth-order valence-corrected chi connectivity index (χ4v) is 5.82. The van der Waals surface area contributed by atoms with E-state index in [1.807, 2.05) is 17.9 Å². The standard InChI is InChI=1S/C31H41FN2O3/c1-23(16-24-11-13-27(32)14-12-24)20-34(31(35)26-17-29(36-2)19-30(18-26)37-3)22-28-10-7-15-33(28)21-25-8-5-4-6-9-25/h11-14,16-19,25,28H,4-10,15,20-22H2,1-3H3. The van der Waals surface area contributed by atoms with Gasteiger partial charge in [0.15, 0.2) is 0 Å². The third kappa shape index (κ3) is 7.57. The number of halogens is 1. The Morgan fingerprint density at radius 1 is 1.00 bits per heavy atom. The summed E-state index contributed by atoms with van der Waals surface area (Å²) >= 11 is 0. The van der Waals surface area contributed by atoms with Crippen LogP contribution in [0.15, 0.2) is 48.0 Å². The molecule has 1 aliphatic heterocycles. The van der Waals surface area contributed by atoms with Crippen molar-refractivity contribution >= 4 is 12.0 Å². The molecule has 5 nitrogen and oxygen atoms in total. The van der Waals surface area contributed by atoms with Crippen LogP contribution in [0.25, 0.3) is 6.08 Å². The zero-order valence-electron chi connectivity index (χ0n) is 22.5. The Kier molecular flexibility index (Phi) is 9.62. The van der Waals surface area contributed by atoms with Gasteiger partial charge >= 0.3 is 0 Å². The molecule has 200 valence electrons. The SMILES string of the molecule is COc1cc(OC)cc(C(=O)N(CC(C)=Cc2ccc(F)cc2)CC2CCCN2CC2CCCCC2)c1. The number of hydrogen-bond acceptors (Lipinski definition) is 4. The van der Waals surface area contributed by atoms with Crippen molar-refractivity contribution in [3.05, 3.63) is 65.0 Å². The molecule has 2 fully saturated rings. The highest BCUT2D eigenvalue weighted by Crippen LogP contribution is 2.29. The van der Waals surface area contributed by atoms with E-state index in [9.17, 15) is 9.18 Å². The number of benzene rings is 2. The Labute approximate surface area is 221 Å². The first-order chi connectivity index (χ1) is 17.9. The molecule has 4 rings (SSSR count). The summed E-state index contributed by atoms with van der Waals surface area (Å²) in [5.41, 5.74) is 2.53. The van der Waals surface area contributed by atoms with Gasteiger partial charge in [-0.15, -0.1) is 0 Å². The van der Waals surface area contributed by atoms with E-state index in [1.54, 1.807) is 44.6 Å². The molecule has 6 heteroatoms. The topological polar surface area (TPSA) is 42.0 Å². The second-order valence-corrected chi connectivity index (χ2v) is 10.6. The van der Waals surface area contributed by atoms with Crippen molar-refractivity contribution < 1.29 is 18.7 Å². The quantitative estimate of drug-likeness (QED) is 0.371. The van der Waals surface area contributed by atoms with Crippen molar-refractivity contribution in [3.63, 3.8) is 0 Å². The molecule has 2 aliphatic rings. The first-order valence-corrected chi connectivity index (χ1v) is 13.6. The van der Waals surface area contributed by atoms with Crippen molar-refractivity contribution in [1.29, 1.82) is 0 Å². The Hall–Kier alpha value is -2.86. The minimum absolute atomic E-state index is 0.0337. The second kappa shape index (κ2) is 13.1. The summed E-state index contributed by atoms with van der Waals surface area (Å²) in [5, 5.41) is 0. The van der Waals surface area contributed by atoms with Gasteiger partial charge in [0.1, 0.15) is 17.3 Å². The Morgan fingerprint density at radius 2 is 1.68 bits per heavy atom. The van der Waals surface area contributed by atoms with Gasteiger partial charge in [-0.3, -0.25) is 9.69 Å². The largest absolute Gasteiger partial charge is 0.497 e. The average Bonchev–Trinajstić information content (AvgIpc) is 3.35. The summed E-state index contributed by atoms with van der Waals surface area (Å²) in [6.07, 6.45) is 11.0. The van der Waals surface area contributed by atoms with E-state index >= 15 is 0 Å². The number of carbonyl (C=O) groups excluding carboxylic acids is 1. The van der Waals surface area contributed by atoms with Crippen molar-refractivity contribution in [2.24, 2.45) is 5.92 Å². The van der Waals surface area contributed by atoms with Crippen LogP contribution in [0.4, 0.5) is 4.39 Å². The second-order valence-electron chi connectivity index (χ2n) is 10.6. The highest BCUT2D eigenvalue weighted by atomic mass is 19.1. The van der Waals surface area contributed by atoms with Crippen LogP contribution in [0.5, 0.6) is 11.5 Å². The molecule has 0 bridgehead atoms. The predicted molar refractivity (Wildman–Crippen MR) is 147 cm³/mol. The van der Waals surface area contributed by atoms with Gasteiger partial charge in [0.25, 0.3) is 5.91 Å². The molecule has 1 saturated carbocycles. The first kappa shape index (κ1) is 27.2. The average molecular weight is 509 g/mol. The van der Waals surface area contributed by atoms with Gasteiger partial charge in [0.05, 0.1) is 14.2 Å². The van der Waals surface area contributed by atoms with E-state index in [0.29, 0.717) is 36.2 Å². The van der Waals surface area contributed by atoms with Crippen LogP contribution >= 0.6 is 0 Å². The Balaban J connectivity index is 1.55. The van der Waals surface area contributed by atoms with Gasteiger partial charge in [0, 0.05) is 37.3 Å². The molecule has 1 aliphatic carbocycles. The maximum atomic E-state index is 13.9. The maximum Gasteiger partial charge on any atom is 0.254 e. The van der Waals surface area contributed by atoms with Crippen molar-refractivity contribution in [2.75, 3.05) is 40.4 Å². The summed E-state index contributed by atoms with van der Waals surface area (Å²) in [6, 6.07) is 12.2. The molecule has 1 amide bonds. The molecule has 1 unspecified atom stereocenters. The number of nitrogens with zero attached hydrogens (tertiary/aromatic N) is 2.